The van der Waals surface area contributed by atoms with Gasteiger partial charge in [0.1, 0.15) is 0 Å². The Morgan fingerprint density at radius 1 is 1.14 bits per heavy atom. The molecule has 0 aliphatic heterocycles. The molecule has 3 nitrogen and oxygen atoms in total. The number of aryl methyl sites for hydroxylation is 1. The number of hydrogen-bond donors (Lipinski definition) is 2. The lowest BCUT2D eigenvalue weighted by Crippen LogP contribution is -2.15. The van der Waals surface area contributed by atoms with Gasteiger partial charge in [0.15, 0.2) is 11.5 Å². The Labute approximate surface area is 134 Å². The molecule has 0 heterocycles. The number of phenols is 1. The van der Waals surface area contributed by atoms with Crippen LogP contribution in [-0.4, -0.2) is 18.8 Å². The number of methoxy groups -OCH3 is 1. The van der Waals surface area contributed by atoms with Crippen molar-refractivity contribution in [3.05, 3.63) is 58.1 Å². The summed E-state index contributed by atoms with van der Waals surface area (Å²) < 4.78 is 5.80. The van der Waals surface area contributed by atoms with E-state index in [4.69, 9.17) is 4.74 Å². The summed E-state index contributed by atoms with van der Waals surface area (Å²) in [6.07, 6.45) is 2.18. The first-order valence-corrected chi connectivity index (χ1v) is 7.80. The summed E-state index contributed by atoms with van der Waals surface area (Å²) >= 11 is 3.33. The van der Waals surface area contributed by atoms with Crippen molar-refractivity contribution in [2.45, 2.75) is 19.4 Å². The van der Waals surface area contributed by atoms with Gasteiger partial charge in [-0.25, -0.2) is 0 Å². The molecule has 0 aliphatic carbocycles. The number of benzene rings is 2. The summed E-state index contributed by atoms with van der Waals surface area (Å²) in [7, 11) is 1.55. The van der Waals surface area contributed by atoms with Crippen LogP contribution in [0.25, 0.3) is 0 Å². The molecule has 0 unspecified atom stereocenters. The second-order valence-corrected chi connectivity index (χ2v) is 5.75. The Morgan fingerprint density at radius 3 is 2.62 bits per heavy atom. The molecular weight excluding hydrogens is 330 g/mol. The average Bonchev–Trinajstić information content (AvgIpc) is 2.51. The van der Waals surface area contributed by atoms with Gasteiger partial charge in [0.25, 0.3) is 0 Å². The van der Waals surface area contributed by atoms with Crippen molar-refractivity contribution in [3.8, 4) is 11.5 Å². The molecule has 2 N–H and O–H groups in total. The summed E-state index contributed by atoms with van der Waals surface area (Å²) in [4.78, 5) is 0. The molecular formula is C17H20BrNO2. The number of aromatic hydroxyl groups is 1. The largest absolute Gasteiger partial charge is 0.503 e. The van der Waals surface area contributed by atoms with Crippen molar-refractivity contribution in [2.75, 3.05) is 13.7 Å². The summed E-state index contributed by atoms with van der Waals surface area (Å²) in [5, 5.41) is 13.2. The fraction of sp³-hybridized carbons (Fsp3) is 0.294. The maximum Gasteiger partial charge on any atom is 0.172 e. The monoisotopic (exact) mass is 349 g/mol. The van der Waals surface area contributed by atoms with Crippen molar-refractivity contribution >= 4 is 15.9 Å². The summed E-state index contributed by atoms with van der Waals surface area (Å²) in [6, 6.07) is 14.3. The number of nitrogens with one attached hydrogen (secondary N) is 1. The van der Waals surface area contributed by atoms with Gasteiger partial charge in [-0.05, 0) is 58.6 Å². The van der Waals surface area contributed by atoms with Gasteiger partial charge in [-0.1, -0.05) is 30.3 Å². The minimum absolute atomic E-state index is 0.144. The highest BCUT2D eigenvalue weighted by molar-refractivity contribution is 9.10. The number of ether oxygens (including phenoxy) is 1. The van der Waals surface area contributed by atoms with Crippen LogP contribution in [-0.2, 0) is 13.0 Å². The van der Waals surface area contributed by atoms with Gasteiger partial charge >= 0.3 is 0 Å². The predicted octanol–water partition coefficient (Wildman–Crippen LogP) is 3.89. The Morgan fingerprint density at radius 2 is 1.90 bits per heavy atom. The molecule has 0 aromatic heterocycles. The zero-order valence-corrected chi connectivity index (χ0v) is 13.7. The lowest BCUT2D eigenvalue weighted by molar-refractivity contribution is 0.371. The number of halogens is 1. The van der Waals surface area contributed by atoms with E-state index in [1.807, 2.05) is 18.2 Å². The number of phenolic OH excluding ortho intramolecular Hbond substituents is 1. The first-order valence-electron chi connectivity index (χ1n) is 7.00. The number of hydrogen-bond acceptors (Lipinski definition) is 3. The fourth-order valence-corrected chi connectivity index (χ4v) is 2.67. The normalized spacial score (nSPS) is 10.6. The fourth-order valence-electron chi connectivity index (χ4n) is 2.18. The van der Waals surface area contributed by atoms with E-state index in [1.54, 1.807) is 7.11 Å². The predicted molar refractivity (Wildman–Crippen MR) is 88.8 cm³/mol. The van der Waals surface area contributed by atoms with E-state index in [-0.39, 0.29) is 5.75 Å². The molecule has 0 radical (unpaired) electrons. The molecule has 4 heteroatoms. The lowest BCUT2D eigenvalue weighted by Gasteiger charge is -2.10. The SMILES string of the molecule is COc1cc(CNCCCc2ccccc2)cc(Br)c1O. The Balaban J connectivity index is 1.77. The maximum absolute atomic E-state index is 9.77. The molecule has 0 fully saturated rings. The maximum atomic E-state index is 9.77. The molecule has 0 atom stereocenters. The second-order valence-electron chi connectivity index (χ2n) is 4.89. The van der Waals surface area contributed by atoms with Crippen molar-refractivity contribution in [1.82, 2.24) is 5.32 Å². The molecule has 0 spiro atoms. The zero-order valence-electron chi connectivity index (χ0n) is 12.1. The molecule has 112 valence electrons. The minimum Gasteiger partial charge on any atom is -0.503 e. The first kappa shape index (κ1) is 15.9. The van der Waals surface area contributed by atoms with Crippen LogP contribution in [0.2, 0.25) is 0 Å². The van der Waals surface area contributed by atoms with Gasteiger partial charge in [0.2, 0.25) is 0 Å². The standard InChI is InChI=1S/C17H20BrNO2/c1-21-16-11-14(10-15(18)17(16)20)12-19-9-5-8-13-6-3-2-4-7-13/h2-4,6-7,10-11,19-20H,5,8-9,12H2,1H3. The molecule has 2 aromatic carbocycles. The van der Waals surface area contributed by atoms with Gasteiger partial charge in [-0.15, -0.1) is 0 Å². The highest BCUT2D eigenvalue weighted by Crippen LogP contribution is 2.35. The average molecular weight is 350 g/mol. The van der Waals surface area contributed by atoms with Crippen LogP contribution < -0.4 is 10.1 Å². The highest BCUT2D eigenvalue weighted by Gasteiger charge is 2.08. The molecule has 0 amide bonds. The molecule has 21 heavy (non-hydrogen) atoms. The lowest BCUT2D eigenvalue weighted by atomic mass is 10.1. The molecule has 2 rings (SSSR count). The highest BCUT2D eigenvalue weighted by atomic mass is 79.9. The van der Waals surface area contributed by atoms with Crippen LogP contribution in [0.15, 0.2) is 46.9 Å². The molecule has 0 bridgehead atoms. The third-order valence-electron chi connectivity index (χ3n) is 3.30. The summed E-state index contributed by atoms with van der Waals surface area (Å²) in [5.74, 6) is 0.635. The van der Waals surface area contributed by atoms with Crippen LogP contribution in [0.4, 0.5) is 0 Å². The number of rotatable bonds is 7. The molecule has 2 aromatic rings. The van der Waals surface area contributed by atoms with E-state index in [2.05, 4.69) is 45.5 Å². The molecule has 0 saturated heterocycles. The van der Waals surface area contributed by atoms with Crippen LogP contribution in [0, 0.1) is 0 Å². The summed E-state index contributed by atoms with van der Waals surface area (Å²) in [5.41, 5.74) is 2.45. The van der Waals surface area contributed by atoms with Gasteiger partial charge in [0.05, 0.1) is 11.6 Å². The van der Waals surface area contributed by atoms with Crippen molar-refractivity contribution in [2.24, 2.45) is 0 Å². The van der Waals surface area contributed by atoms with Crippen LogP contribution in [0.3, 0.4) is 0 Å². The third kappa shape index (κ3) is 4.76. The zero-order chi connectivity index (χ0) is 15.1. The van der Waals surface area contributed by atoms with E-state index in [9.17, 15) is 5.11 Å². The quantitative estimate of drug-likeness (QED) is 0.745. The summed E-state index contributed by atoms with van der Waals surface area (Å²) in [6.45, 7) is 1.71. The molecule has 0 aliphatic rings. The van der Waals surface area contributed by atoms with E-state index < -0.39 is 0 Å². The Bertz CT molecular complexity index is 573. The topological polar surface area (TPSA) is 41.5 Å². The second kappa shape index (κ2) is 8.05. The van der Waals surface area contributed by atoms with Gasteiger partial charge in [0, 0.05) is 6.54 Å². The van der Waals surface area contributed by atoms with E-state index in [0.717, 1.165) is 31.5 Å². The van der Waals surface area contributed by atoms with E-state index >= 15 is 0 Å². The first-order chi connectivity index (χ1) is 10.2. The van der Waals surface area contributed by atoms with E-state index in [0.29, 0.717) is 10.2 Å². The van der Waals surface area contributed by atoms with Crippen molar-refractivity contribution in [1.29, 1.82) is 0 Å². The third-order valence-corrected chi connectivity index (χ3v) is 3.90. The van der Waals surface area contributed by atoms with Crippen molar-refractivity contribution < 1.29 is 9.84 Å². The van der Waals surface area contributed by atoms with Crippen LogP contribution >= 0.6 is 15.9 Å². The Hall–Kier alpha value is -1.52. The van der Waals surface area contributed by atoms with Crippen molar-refractivity contribution in [3.63, 3.8) is 0 Å². The van der Waals surface area contributed by atoms with Gasteiger partial charge in [-0.2, -0.15) is 0 Å². The van der Waals surface area contributed by atoms with Gasteiger partial charge < -0.3 is 15.2 Å². The van der Waals surface area contributed by atoms with Crippen LogP contribution in [0.5, 0.6) is 11.5 Å². The Kier molecular flexibility index (Phi) is 6.08. The van der Waals surface area contributed by atoms with Crippen LogP contribution in [0.1, 0.15) is 17.5 Å². The van der Waals surface area contributed by atoms with Gasteiger partial charge in [-0.3, -0.25) is 0 Å². The van der Waals surface area contributed by atoms with E-state index in [1.165, 1.54) is 5.56 Å². The smallest absolute Gasteiger partial charge is 0.172 e. The molecule has 0 saturated carbocycles. The minimum atomic E-state index is 0.144.